The molecule has 1 fully saturated rings. The zero-order valence-electron chi connectivity index (χ0n) is 14.6. The van der Waals surface area contributed by atoms with Gasteiger partial charge >= 0.3 is 0 Å². The SMILES string of the molecule is CN1CCN(c2ccc(NC(=O)CCSc3ccccc3)cc2)CC1. The van der Waals surface area contributed by atoms with Crippen molar-refractivity contribution >= 4 is 29.0 Å². The van der Waals surface area contributed by atoms with Crippen molar-refractivity contribution in [1.82, 2.24) is 4.90 Å². The molecular formula is C20H25N3OS. The van der Waals surface area contributed by atoms with E-state index in [-0.39, 0.29) is 5.91 Å². The number of carbonyl (C=O) groups is 1. The van der Waals surface area contributed by atoms with Gasteiger partial charge in [0.15, 0.2) is 0 Å². The summed E-state index contributed by atoms with van der Waals surface area (Å²) in [6.45, 7) is 4.30. The fourth-order valence-corrected chi connectivity index (χ4v) is 3.69. The molecule has 1 saturated heterocycles. The highest BCUT2D eigenvalue weighted by molar-refractivity contribution is 7.99. The van der Waals surface area contributed by atoms with Crippen molar-refractivity contribution in [3.05, 3.63) is 54.6 Å². The molecule has 0 atom stereocenters. The minimum absolute atomic E-state index is 0.0655. The molecule has 1 aliphatic rings. The number of anilines is 2. The molecule has 1 N–H and O–H groups in total. The maximum absolute atomic E-state index is 12.1. The average molecular weight is 356 g/mol. The summed E-state index contributed by atoms with van der Waals surface area (Å²) in [5.74, 6) is 0.852. The molecule has 2 aromatic carbocycles. The largest absolute Gasteiger partial charge is 0.369 e. The third-order valence-electron chi connectivity index (χ3n) is 4.36. The molecule has 0 radical (unpaired) electrons. The summed E-state index contributed by atoms with van der Waals surface area (Å²) in [5, 5.41) is 2.99. The van der Waals surface area contributed by atoms with E-state index in [1.165, 1.54) is 10.6 Å². The number of amides is 1. The number of nitrogens with zero attached hydrogens (tertiary/aromatic N) is 2. The second kappa shape index (κ2) is 8.92. The van der Waals surface area contributed by atoms with Gasteiger partial charge in [0, 0.05) is 54.6 Å². The van der Waals surface area contributed by atoms with Crippen LogP contribution < -0.4 is 10.2 Å². The maximum Gasteiger partial charge on any atom is 0.225 e. The van der Waals surface area contributed by atoms with E-state index in [2.05, 4.69) is 46.4 Å². The summed E-state index contributed by atoms with van der Waals surface area (Å²) in [6.07, 6.45) is 0.514. The molecule has 0 spiro atoms. The fourth-order valence-electron chi connectivity index (χ4n) is 2.82. The Morgan fingerprint density at radius 1 is 1.00 bits per heavy atom. The van der Waals surface area contributed by atoms with Crippen LogP contribution in [0.4, 0.5) is 11.4 Å². The second-order valence-electron chi connectivity index (χ2n) is 6.30. The van der Waals surface area contributed by atoms with Gasteiger partial charge in [0.25, 0.3) is 0 Å². The molecule has 4 nitrogen and oxygen atoms in total. The first-order valence-corrected chi connectivity index (χ1v) is 9.70. The van der Waals surface area contributed by atoms with Gasteiger partial charge < -0.3 is 15.1 Å². The molecule has 0 aliphatic carbocycles. The molecule has 1 aliphatic heterocycles. The summed E-state index contributed by atoms with van der Waals surface area (Å²) >= 11 is 1.71. The Morgan fingerprint density at radius 2 is 1.68 bits per heavy atom. The van der Waals surface area contributed by atoms with E-state index in [4.69, 9.17) is 0 Å². The second-order valence-corrected chi connectivity index (χ2v) is 7.47. The van der Waals surface area contributed by atoms with E-state index in [1.807, 2.05) is 30.3 Å². The van der Waals surface area contributed by atoms with Crippen LogP contribution in [0.2, 0.25) is 0 Å². The maximum atomic E-state index is 12.1. The van der Waals surface area contributed by atoms with Crippen molar-refractivity contribution in [2.45, 2.75) is 11.3 Å². The minimum atomic E-state index is 0.0655. The van der Waals surface area contributed by atoms with Crippen LogP contribution in [0.5, 0.6) is 0 Å². The fraction of sp³-hybridized carbons (Fsp3) is 0.350. The van der Waals surface area contributed by atoms with Crippen LogP contribution in [0, 0.1) is 0 Å². The highest BCUT2D eigenvalue weighted by Gasteiger charge is 2.14. The predicted molar refractivity (Wildman–Crippen MR) is 107 cm³/mol. The van der Waals surface area contributed by atoms with Crippen LogP contribution in [0.25, 0.3) is 0 Å². The minimum Gasteiger partial charge on any atom is -0.369 e. The van der Waals surface area contributed by atoms with Crippen LogP contribution in [0.1, 0.15) is 6.42 Å². The van der Waals surface area contributed by atoms with Gasteiger partial charge in [0.2, 0.25) is 5.91 Å². The molecule has 0 saturated carbocycles. The van der Waals surface area contributed by atoms with E-state index in [0.29, 0.717) is 6.42 Å². The van der Waals surface area contributed by atoms with Crippen molar-refractivity contribution in [1.29, 1.82) is 0 Å². The summed E-state index contributed by atoms with van der Waals surface area (Å²) in [7, 11) is 2.16. The summed E-state index contributed by atoms with van der Waals surface area (Å²) in [6, 6.07) is 18.4. The molecule has 1 heterocycles. The van der Waals surface area contributed by atoms with Crippen LogP contribution in [0.3, 0.4) is 0 Å². The molecule has 3 rings (SSSR count). The Bertz CT molecular complexity index is 667. The molecule has 5 heteroatoms. The molecule has 0 aromatic heterocycles. The molecular weight excluding hydrogens is 330 g/mol. The van der Waals surface area contributed by atoms with Crippen molar-refractivity contribution < 1.29 is 4.79 Å². The lowest BCUT2D eigenvalue weighted by Crippen LogP contribution is -2.44. The molecule has 0 unspecified atom stereocenters. The number of piperazine rings is 1. The smallest absolute Gasteiger partial charge is 0.225 e. The van der Waals surface area contributed by atoms with E-state index in [0.717, 1.165) is 37.6 Å². The standard InChI is InChI=1S/C20H25N3OS/c1-22-12-14-23(15-13-22)18-9-7-17(8-10-18)21-20(24)11-16-25-19-5-3-2-4-6-19/h2-10H,11-16H2,1H3,(H,21,24). The van der Waals surface area contributed by atoms with Crippen LogP contribution in [0.15, 0.2) is 59.5 Å². The first-order chi connectivity index (χ1) is 12.2. The normalized spacial score (nSPS) is 15.2. The van der Waals surface area contributed by atoms with Gasteiger partial charge in [-0.25, -0.2) is 0 Å². The molecule has 2 aromatic rings. The third kappa shape index (κ3) is 5.51. The number of hydrogen-bond acceptors (Lipinski definition) is 4. The highest BCUT2D eigenvalue weighted by Crippen LogP contribution is 2.20. The van der Waals surface area contributed by atoms with Crippen LogP contribution >= 0.6 is 11.8 Å². The topological polar surface area (TPSA) is 35.6 Å². The number of benzene rings is 2. The van der Waals surface area contributed by atoms with Crippen molar-refractivity contribution in [3.8, 4) is 0 Å². The molecule has 1 amide bonds. The lowest BCUT2D eigenvalue weighted by Gasteiger charge is -2.34. The van der Waals surface area contributed by atoms with Gasteiger partial charge in [-0.1, -0.05) is 18.2 Å². The van der Waals surface area contributed by atoms with Crippen molar-refractivity contribution in [2.75, 3.05) is 49.2 Å². The zero-order valence-corrected chi connectivity index (χ0v) is 15.5. The van der Waals surface area contributed by atoms with Gasteiger partial charge in [0.1, 0.15) is 0 Å². The van der Waals surface area contributed by atoms with Crippen molar-refractivity contribution in [2.24, 2.45) is 0 Å². The highest BCUT2D eigenvalue weighted by atomic mass is 32.2. The lowest BCUT2D eigenvalue weighted by molar-refractivity contribution is -0.115. The molecule has 132 valence electrons. The number of thioether (sulfide) groups is 1. The lowest BCUT2D eigenvalue weighted by atomic mass is 10.2. The van der Waals surface area contributed by atoms with Crippen LogP contribution in [-0.2, 0) is 4.79 Å². The number of carbonyl (C=O) groups excluding carboxylic acids is 1. The molecule has 25 heavy (non-hydrogen) atoms. The quantitative estimate of drug-likeness (QED) is 0.804. The Labute approximate surface area is 154 Å². The molecule has 0 bridgehead atoms. The summed E-state index contributed by atoms with van der Waals surface area (Å²) < 4.78 is 0. The van der Waals surface area contributed by atoms with Crippen molar-refractivity contribution in [3.63, 3.8) is 0 Å². The van der Waals surface area contributed by atoms with Gasteiger partial charge in [0.05, 0.1) is 0 Å². The number of likely N-dealkylation sites (N-methyl/N-ethyl adjacent to an activating group) is 1. The van der Waals surface area contributed by atoms with E-state index >= 15 is 0 Å². The van der Waals surface area contributed by atoms with E-state index in [1.54, 1.807) is 11.8 Å². The third-order valence-corrected chi connectivity index (χ3v) is 5.37. The Kier molecular flexibility index (Phi) is 6.36. The Morgan fingerprint density at radius 3 is 2.36 bits per heavy atom. The monoisotopic (exact) mass is 355 g/mol. The van der Waals surface area contributed by atoms with Gasteiger partial charge in [-0.05, 0) is 43.4 Å². The summed E-state index contributed by atoms with van der Waals surface area (Å²) in [4.78, 5) is 18.0. The van der Waals surface area contributed by atoms with Gasteiger partial charge in [-0.2, -0.15) is 0 Å². The van der Waals surface area contributed by atoms with Gasteiger partial charge in [-0.15, -0.1) is 11.8 Å². The van der Waals surface area contributed by atoms with E-state index in [9.17, 15) is 4.79 Å². The first kappa shape index (κ1) is 17.8. The summed E-state index contributed by atoms with van der Waals surface area (Å²) in [5.41, 5.74) is 2.10. The average Bonchev–Trinajstić information content (AvgIpc) is 2.64. The Balaban J connectivity index is 1.44. The van der Waals surface area contributed by atoms with Crippen LogP contribution in [-0.4, -0.2) is 49.8 Å². The first-order valence-electron chi connectivity index (χ1n) is 8.72. The zero-order chi connectivity index (χ0) is 17.5. The predicted octanol–water partition coefficient (Wildman–Crippen LogP) is 3.56. The number of nitrogens with one attached hydrogen (secondary N) is 1. The van der Waals surface area contributed by atoms with Gasteiger partial charge in [-0.3, -0.25) is 4.79 Å². The van der Waals surface area contributed by atoms with E-state index < -0.39 is 0 Å². The number of rotatable bonds is 6. The number of hydrogen-bond donors (Lipinski definition) is 1. The Hall–Kier alpha value is -1.98.